The number of aromatic nitrogens is 2. The summed E-state index contributed by atoms with van der Waals surface area (Å²) in [6, 6.07) is 13.5. The Morgan fingerprint density at radius 1 is 1.06 bits per heavy atom. The van der Waals surface area contributed by atoms with Crippen molar-refractivity contribution < 1.29 is 19.4 Å². The van der Waals surface area contributed by atoms with Crippen LogP contribution in [0.25, 0.3) is 10.2 Å². The molecule has 0 radical (unpaired) electrons. The number of ether oxygens (including phenoxy) is 1. The Kier molecular flexibility index (Phi) is 6.41. The van der Waals surface area contributed by atoms with E-state index in [-0.39, 0.29) is 12.1 Å². The fraction of sp³-hybridized carbons (Fsp3) is 0.136. The van der Waals surface area contributed by atoms with Gasteiger partial charge in [-0.2, -0.15) is 0 Å². The van der Waals surface area contributed by atoms with Crippen LogP contribution in [0, 0.1) is 20.2 Å². The van der Waals surface area contributed by atoms with Crippen LogP contribution in [0.3, 0.4) is 0 Å². The van der Waals surface area contributed by atoms with Gasteiger partial charge in [0, 0.05) is 18.3 Å². The van der Waals surface area contributed by atoms with Crippen molar-refractivity contribution in [2.45, 2.75) is 13.5 Å². The standard InChI is InChI=1S/C22H17N5O6S/c1-2-33-18-7-5-8-19-20(18)24-22(34-19)25(13-15-6-3-4-9-23-15)21(28)14-10-16(26(29)30)12-17(11-14)27(31)32/h3-12H,2,13H2,1H3. The van der Waals surface area contributed by atoms with Crippen LogP contribution < -0.4 is 9.64 Å². The average Bonchev–Trinajstić information content (AvgIpc) is 3.27. The molecule has 1 amide bonds. The average molecular weight is 479 g/mol. The van der Waals surface area contributed by atoms with Crippen LogP contribution in [-0.4, -0.2) is 32.3 Å². The number of hydrogen-bond acceptors (Lipinski definition) is 9. The Morgan fingerprint density at radius 3 is 2.41 bits per heavy atom. The van der Waals surface area contributed by atoms with E-state index in [9.17, 15) is 25.0 Å². The summed E-state index contributed by atoms with van der Waals surface area (Å²) >= 11 is 1.23. The van der Waals surface area contributed by atoms with Crippen LogP contribution in [0.4, 0.5) is 16.5 Å². The van der Waals surface area contributed by atoms with E-state index >= 15 is 0 Å². The van der Waals surface area contributed by atoms with Gasteiger partial charge in [0.1, 0.15) is 11.3 Å². The summed E-state index contributed by atoms with van der Waals surface area (Å²) < 4.78 is 6.41. The lowest BCUT2D eigenvalue weighted by molar-refractivity contribution is -0.394. The van der Waals surface area contributed by atoms with E-state index < -0.39 is 27.1 Å². The van der Waals surface area contributed by atoms with Gasteiger partial charge in [0.25, 0.3) is 17.3 Å². The molecule has 0 aliphatic heterocycles. The molecule has 0 spiro atoms. The summed E-state index contributed by atoms with van der Waals surface area (Å²) in [5, 5.41) is 22.9. The van der Waals surface area contributed by atoms with E-state index in [2.05, 4.69) is 9.97 Å². The number of thiazole rings is 1. The van der Waals surface area contributed by atoms with Crippen molar-refractivity contribution in [2.24, 2.45) is 0 Å². The molecular weight excluding hydrogens is 462 g/mol. The molecule has 0 fully saturated rings. The number of anilines is 1. The second kappa shape index (κ2) is 9.58. The molecule has 0 aliphatic carbocycles. The molecule has 4 rings (SSSR count). The summed E-state index contributed by atoms with van der Waals surface area (Å²) in [6.45, 7) is 2.28. The van der Waals surface area contributed by atoms with Crippen LogP contribution in [0.2, 0.25) is 0 Å². The number of carbonyl (C=O) groups is 1. The summed E-state index contributed by atoms with van der Waals surface area (Å²) in [5.41, 5.74) is -0.217. The summed E-state index contributed by atoms with van der Waals surface area (Å²) in [4.78, 5) is 44.8. The molecule has 0 aliphatic rings. The Hall–Kier alpha value is -4.45. The number of amides is 1. The molecule has 2 heterocycles. The number of non-ortho nitro benzene ring substituents is 2. The molecule has 2 aromatic heterocycles. The van der Waals surface area contributed by atoms with Crippen molar-refractivity contribution in [3.05, 3.63) is 92.3 Å². The van der Waals surface area contributed by atoms with Gasteiger partial charge in [0.05, 0.1) is 45.0 Å². The SMILES string of the molecule is CCOc1cccc2sc(N(Cc3ccccn3)C(=O)c3cc([N+](=O)[O-])cc([N+](=O)[O-])c3)nc12. The normalized spacial score (nSPS) is 10.7. The van der Waals surface area contributed by atoms with Crippen LogP contribution >= 0.6 is 11.3 Å². The number of pyridine rings is 1. The maximum absolute atomic E-state index is 13.6. The van der Waals surface area contributed by atoms with E-state index in [0.29, 0.717) is 28.7 Å². The van der Waals surface area contributed by atoms with E-state index in [1.807, 2.05) is 19.1 Å². The third-order valence-electron chi connectivity index (χ3n) is 4.76. The number of rotatable bonds is 8. The van der Waals surface area contributed by atoms with Crippen molar-refractivity contribution in [3.8, 4) is 5.75 Å². The highest BCUT2D eigenvalue weighted by Gasteiger charge is 2.27. The fourth-order valence-corrected chi connectivity index (χ4v) is 4.25. The zero-order chi connectivity index (χ0) is 24.2. The molecule has 2 aromatic carbocycles. The summed E-state index contributed by atoms with van der Waals surface area (Å²) in [6.07, 6.45) is 1.57. The van der Waals surface area contributed by atoms with Gasteiger partial charge in [0.15, 0.2) is 5.13 Å². The smallest absolute Gasteiger partial charge is 0.277 e. The number of nitrogens with zero attached hydrogens (tertiary/aromatic N) is 5. The molecule has 11 nitrogen and oxygen atoms in total. The molecule has 34 heavy (non-hydrogen) atoms. The number of hydrogen-bond donors (Lipinski definition) is 0. The predicted octanol–water partition coefficient (Wildman–Crippen LogP) is 4.75. The largest absolute Gasteiger partial charge is 0.492 e. The van der Waals surface area contributed by atoms with Crippen LogP contribution in [0.5, 0.6) is 5.75 Å². The monoisotopic (exact) mass is 479 g/mol. The van der Waals surface area contributed by atoms with Crippen LogP contribution in [0.1, 0.15) is 23.0 Å². The summed E-state index contributed by atoms with van der Waals surface area (Å²) in [7, 11) is 0. The Balaban J connectivity index is 1.84. The predicted molar refractivity (Wildman–Crippen MR) is 125 cm³/mol. The van der Waals surface area contributed by atoms with Gasteiger partial charge < -0.3 is 4.74 Å². The summed E-state index contributed by atoms with van der Waals surface area (Å²) in [5.74, 6) is -0.131. The molecular formula is C22H17N5O6S. The Labute approximate surface area is 196 Å². The third kappa shape index (κ3) is 4.66. The van der Waals surface area contributed by atoms with Gasteiger partial charge in [-0.05, 0) is 31.2 Å². The molecule has 0 N–H and O–H groups in total. The Bertz CT molecular complexity index is 1360. The number of nitro groups is 2. The lowest BCUT2D eigenvalue weighted by Crippen LogP contribution is -2.30. The van der Waals surface area contributed by atoms with E-state index in [0.717, 1.165) is 22.9 Å². The van der Waals surface area contributed by atoms with Gasteiger partial charge in [0.2, 0.25) is 0 Å². The molecule has 0 unspecified atom stereocenters. The maximum Gasteiger partial charge on any atom is 0.277 e. The highest BCUT2D eigenvalue weighted by atomic mass is 32.1. The van der Waals surface area contributed by atoms with Crippen LogP contribution in [-0.2, 0) is 6.54 Å². The first-order chi connectivity index (χ1) is 16.4. The topological polar surface area (TPSA) is 142 Å². The molecule has 0 saturated carbocycles. The first-order valence-electron chi connectivity index (χ1n) is 10.1. The van der Waals surface area contributed by atoms with Crippen molar-refractivity contribution in [2.75, 3.05) is 11.5 Å². The highest BCUT2D eigenvalue weighted by Crippen LogP contribution is 2.36. The zero-order valence-electron chi connectivity index (χ0n) is 17.8. The second-order valence-electron chi connectivity index (χ2n) is 7.00. The van der Waals surface area contributed by atoms with Gasteiger partial charge in [-0.25, -0.2) is 4.98 Å². The Morgan fingerprint density at radius 2 is 1.79 bits per heavy atom. The lowest BCUT2D eigenvalue weighted by Gasteiger charge is -2.19. The lowest BCUT2D eigenvalue weighted by atomic mass is 10.1. The number of para-hydroxylation sites is 1. The fourth-order valence-electron chi connectivity index (χ4n) is 3.26. The van der Waals surface area contributed by atoms with E-state index in [4.69, 9.17) is 4.74 Å². The number of carbonyl (C=O) groups excluding carboxylic acids is 1. The van der Waals surface area contributed by atoms with Crippen molar-refractivity contribution in [1.82, 2.24) is 9.97 Å². The van der Waals surface area contributed by atoms with Crippen LogP contribution in [0.15, 0.2) is 60.8 Å². The molecule has 4 aromatic rings. The minimum absolute atomic E-state index is 0.0000466. The highest BCUT2D eigenvalue weighted by molar-refractivity contribution is 7.22. The van der Waals surface area contributed by atoms with Gasteiger partial charge in [-0.1, -0.05) is 23.5 Å². The minimum Gasteiger partial charge on any atom is -0.492 e. The number of nitro benzene ring substituents is 2. The van der Waals surface area contributed by atoms with Crippen molar-refractivity contribution >= 4 is 44.0 Å². The maximum atomic E-state index is 13.6. The van der Waals surface area contributed by atoms with Crippen molar-refractivity contribution in [3.63, 3.8) is 0 Å². The zero-order valence-corrected chi connectivity index (χ0v) is 18.6. The van der Waals surface area contributed by atoms with Gasteiger partial charge in [-0.3, -0.25) is 34.9 Å². The van der Waals surface area contributed by atoms with E-state index in [1.54, 1.807) is 30.5 Å². The van der Waals surface area contributed by atoms with Gasteiger partial charge in [-0.15, -0.1) is 0 Å². The van der Waals surface area contributed by atoms with E-state index in [1.165, 1.54) is 16.2 Å². The molecule has 0 saturated heterocycles. The third-order valence-corrected chi connectivity index (χ3v) is 5.81. The van der Waals surface area contributed by atoms with Gasteiger partial charge >= 0.3 is 0 Å². The number of fused-ring (bicyclic) bond motifs is 1. The molecule has 0 bridgehead atoms. The first-order valence-corrected chi connectivity index (χ1v) is 10.9. The molecule has 172 valence electrons. The minimum atomic E-state index is -0.779. The van der Waals surface area contributed by atoms with Crippen molar-refractivity contribution in [1.29, 1.82) is 0 Å². The second-order valence-corrected chi connectivity index (χ2v) is 8.01. The molecule has 12 heteroatoms. The quantitative estimate of drug-likeness (QED) is 0.260. The molecule has 0 atom stereocenters. The first kappa shape index (κ1) is 22.7. The number of benzene rings is 2.